The van der Waals surface area contributed by atoms with Crippen LogP contribution in [0.15, 0.2) is 48.5 Å². The van der Waals surface area contributed by atoms with E-state index in [1.807, 2.05) is 13.8 Å². The quantitative estimate of drug-likeness (QED) is 0.187. The first-order valence-corrected chi connectivity index (χ1v) is 22.3. The van der Waals surface area contributed by atoms with Gasteiger partial charge in [-0.2, -0.15) is 0 Å². The first-order chi connectivity index (χ1) is 21.8. The van der Waals surface area contributed by atoms with Crippen molar-refractivity contribution in [3.05, 3.63) is 53.8 Å². The third-order valence-electron chi connectivity index (χ3n) is 11.3. The van der Waals surface area contributed by atoms with Crippen molar-refractivity contribution in [1.29, 1.82) is 0 Å². The second-order valence-corrected chi connectivity index (χ2v) is 20.3. The Hall–Kier alpha value is -0.343. The summed E-state index contributed by atoms with van der Waals surface area (Å²) in [4.78, 5) is 0. The van der Waals surface area contributed by atoms with E-state index in [0.29, 0.717) is 0 Å². The van der Waals surface area contributed by atoms with Crippen LogP contribution in [0.5, 0.6) is 0 Å². The SMILES string of the molecule is CCOCC.[Li+].c1ccc([PH+](C2CCCCC2)C2CCCCC2)c([N-]c2ccccc2[PH+](C2CCCCC2)C2CCCCC2)c1. The average molecular weight is 644 g/mol. The normalized spacial score (nSPS) is 20.8. The van der Waals surface area contributed by atoms with Gasteiger partial charge in [0.05, 0.1) is 33.2 Å². The molecule has 4 saturated carbocycles. The molecule has 2 aromatic carbocycles. The molecule has 2 aromatic rings. The first-order valence-electron chi connectivity index (χ1n) is 19.0. The summed E-state index contributed by atoms with van der Waals surface area (Å²) < 4.78 is 4.83. The van der Waals surface area contributed by atoms with Gasteiger partial charge in [0.2, 0.25) is 0 Å². The summed E-state index contributed by atoms with van der Waals surface area (Å²) in [6, 6.07) is 19.1. The molecule has 0 N–H and O–H groups in total. The summed E-state index contributed by atoms with van der Waals surface area (Å²) in [6.07, 6.45) is 29.4. The van der Waals surface area contributed by atoms with Crippen LogP contribution in [0.1, 0.15) is 142 Å². The Bertz CT molecular complexity index is 954. The van der Waals surface area contributed by atoms with Gasteiger partial charge in [0.15, 0.2) is 0 Å². The molecule has 0 aromatic heterocycles. The van der Waals surface area contributed by atoms with Crippen LogP contribution in [-0.2, 0) is 4.74 Å². The predicted molar refractivity (Wildman–Crippen MR) is 201 cm³/mol. The Labute approximate surface area is 292 Å². The average Bonchev–Trinajstić information content (AvgIpc) is 3.09. The summed E-state index contributed by atoms with van der Waals surface area (Å²) in [5, 5.41) is 9.10. The van der Waals surface area contributed by atoms with Crippen molar-refractivity contribution in [2.75, 3.05) is 13.2 Å². The van der Waals surface area contributed by atoms with Gasteiger partial charge in [-0.05, 0) is 129 Å². The van der Waals surface area contributed by atoms with Gasteiger partial charge in [0.1, 0.15) is 0 Å². The fourth-order valence-corrected chi connectivity index (χ4v) is 17.8. The zero-order valence-electron chi connectivity index (χ0n) is 29.3. The first kappa shape index (κ1) is 37.5. The van der Waals surface area contributed by atoms with Crippen LogP contribution >= 0.6 is 15.8 Å². The van der Waals surface area contributed by atoms with Gasteiger partial charge in [0.25, 0.3) is 0 Å². The molecule has 0 unspecified atom stereocenters. The summed E-state index contributed by atoms with van der Waals surface area (Å²) in [5.74, 6) is 0. The van der Waals surface area contributed by atoms with E-state index in [2.05, 4.69) is 48.5 Å². The van der Waals surface area contributed by atoms with Gasteiger partial charge in [-0.1, -0.05) is 73.5 Å². The van der Waals surface area contributed by atoms with Crippen molar-refractivity contribution >= 4 is 37.8 Å². The fraction of sp³-hybridized carbons (Fsp3) is 0.700. The van der Waals surface area contributed by atoms with E-state index >= 15 is 0 Å². The summed E-state index contributed by atoms with van der Waals surface area (Å²) >= 11 is 0. The van der Waals surface area contributed by atoms with Crippen molar-refractivity contribution in [2.24, 2.45) is 0 Å². The fourth-order valence-electron chi connectivity index (χ4n) is 9.17. The van der Waals surface area contributed by atoms with Crippen LogP contribution < -0.4 is 29.5 Å². The third-order valence-corrected chi connectivity index (χ3v) is 19.2. The molecule has 2 nitrogen and oxygen atoms in total. The second-order valence-electron chi connectivity index (χ2n) is 14.2. The van der Waals surface area contributed by atoms with Crippen LogP contribution in [0.25, 0.3) is 5.32 Å². The van der Waals surface area contributed by atoms with E-state index in [4.69, 9.17) is 10.1 Å². The molecular formula is C40H64LiNOP2+2. The molecule has 4 aliphatic rings. The molecule has 5 heteroatoms. The van der Waals surface area contributed by atoms with E-state index < -0.39 is 15.8 Å². The van der Waals surface area contributed by atoms with Crippen molar-refractivity contribution in [3.8, 4) is 0 Å². The van der Waals surface area contributed by atoms with E-state index in [1.165, 1.54) is 140 Å². The Morgan fingerprint density at radius 2 is 0.778 bits per heavy atom. The molecule has 4 fully saturated rings. The number of benzene rings is 2. The number of hydrogen-bond donors (Lipinski definition) is 0. The molecule has 0 saturated heterocycles. The number of ether oxygens (including phenoxy) is 1. The van der Waals surface area contributed by atoms with Crippen molar-refractivity contribution in [1.82, 2.24) is 0 Å². The molecule has 0 amide bonds. The van der Waals surface area contributed by atoms with Gasteiger partial charge in [-0.3, -0.25) is 0 Å². The largest absolute Gasteiger partial charge is 1.00 e. The van der Waals surface area contributed by atoms with Gasteiger partial charge in [-0.25, -0.2) is 0 Å². The molecule has 45 heavy (non-hydrogen) atoms. The maximum atomic E-state index is 5.71. The minimum Gasteiger partial charge on any atom is -0.651 e. The van der Waals surface area contributed by atoms with Gasteiger partial charge in [0, 0.05) is 29.1 Å². The van der Waals surface area contributed by atoms with Crippen LogP contribution in [0.4, 0.5) is 11.4 Å². The standard InChI is InChI=1S/C36H52NP2.C4H10O.Li/c1-5-17-29(18-6-1)38(30-19-7-2-8-20-30)35-27-15-13-25-33(35)37-34-26-14-16-28-36(34)39(31-21-9-3-10-22-31)32-23-11-4-12-24-32;1-3-5-4-2;/h13-16,25-32H,1-12,17-24H2;3-4H2,1-2H3;/q-1;;+1/p+2. The van der Waals surface area contributed by atoms with Crippen LogP contribution in [0.2, 0.25) is 0 Å². The maximum Gasteiger partial charge on any atom is 1.00 e. The Morgan fingerprint density at radius 3 is 1.04 bits per heavy atom. The molecule has 0 spiro atoms. The van der Waals surface area contributed by atoms with E-state index in [-0.39, 0.29) is 18.9 Å². The zero-order valence-corrected chi connectivity index (χ0v) is 31.3. The number of para-hydroxylation sites is 2. The summed E-state index contributed by atoms with van der Waals surface area (Å²) in [5.41, 5.74) is 6.54. The number of hydrogen-bond acceptors (Lipinski definition) is 1. The molecule has 6 rings (SSSR count). The third kappa shape index (κ3) is 10.8. The van der Waals surface area contributed by atoms with E-state index in [9.17, 15) is 0 Å². The maximum absolute atomic E-state index is 5.71. The smallest absolute Gasteiger partial charge is 0.651 e. The van der Waals surface area contributed by atoms with Crippen molar-refractivity contribution < 1.29 is 23.6 Å². The van der Waals surface area contributed by atoms with Gasteiger partial charge in [-0.15, -0.1) is 0 Å². The Balaban J connectivity index is 0.000000714. The molecule has 244 valence electrons. The monoisotopic (exact) mass is 643 g/mol. The Morgan fingerprint density at radius 1 is 0.489 bits per heavy atom. The van der Waals surface area contributed by atoms with Crippen molar-refractivity contribution in [3.63, 3.8) is 0 Å². The molecular weight excluding hydrogens is 579 g/mol. The minimum atomic E-state index is -0.630. The number of nitrogens with zero attached hydrogens (tertiary/aromatic N) is 1. The summed E-state index contributed by atoms with van der Waals surface area (Å²) in [7, 11) is -1.26. The molecule has 0 heterocycles. The Kier molecular flexibility index (Phi) is 17.4. The van der Waals surface area contributed by atoms with Crippen LogP contribution in [0, 0.1) is 0 Å². The molecule has 0 radical (unpaired) electrons. The van der Waals surface area contributed by atoms with Crippen molar-refractivity contribution in [2.45, 2.75) is 165 Å². The van der Waals surface area contributed by atoms with Gasteiger partial charge >= 0.3 is 18.9 Å². The topological polar surface area (TPSA) is 23.3 Å². The molecule has 0 aliphatic heterocycles. The molecule has 0 bridgehead atoms. The zero-order chi connectivity index (χ0) is 30.4. The second kappa shape index (κ2) is 20.9. The van der Waals surface area contributed by atoms with Crippen LogP contribution in [0.3, 0.4) is 0 Å². The van der Waals surface area contributed by atoms with Gasteiger partial charge < -0.3 is 10.1 Å². The summed E-state index contributed by atoms with van der Waals surface area (Å²) in [6.45, 7) is 5.67. The van der Waals surface area contributed by atoms with E-state index in [1.54, 1.807) is 10.6 Å². The number of rotatable bonds is 10. The van der Waals surface area contributed by atoms with Crippen LogP contribution in [-0.4, -0.2) is 35.8 Å². The van der Waals surface area contributed by atoms with E-state index in [0.717, 1.165) is 35.8 Å². The minimum absolute atomic E-state index is 0. The predicted octanol–water partition coefficient (Wildman–Crippen LogP) is 9.08. The molecule has 4 aliphatic carbocycles. The molecule has 0 atom stereocenters.